The second kappa shape index (κ2) is 6.62. The van der Waals surface area contributed by atoms with Crippen LogP contribution in [0.25, 0.3) is 0 Å². The fourth-order valence-electron chi connectivity index (χ4n) is 1.84. The van der Waals surface area contributed by atoms with Crippen molar-refractivity contribution in [3.8, 4) is 5.75 Å². The number of rotatable bonds is 6. The fourth-order valence-corrected chi connectivity index (χ4v) is 1.84. The molecule has 0 bridgehead atoms. The molecule has 0 fully saturated rings. The van der Waals surface area contributed by atoms with Crippen LogP contribution in [0.15, 0.2) is 18.2 Å². The van der Waals surface area contributed by atoms with E-state index >= 15 is 0 Å². The molecule has 0 atom stereocenters. The van der Waals surface area contributed by atoms with Gasteiger partial charge < -0.3 is 14.5 Å². The number of benzene rings is 1. The first-order chi connectivity index (χ1) is 8.02. The molecule has 96 valence electrons. The lowest BCUT2D eigenvalue weighted by molar-refractivity contribution is 0.337. The van der Waals surface area contributed by atoms with Crippen LogP contribution in [0.4, 0.5) is 0 Å². The maximum absolute atomic E-state index is 5.56. The van der Waals surface area contributed by atoms with Crippen molar-refractivity contribution in [1.29, 1.82) is 0 Å². The largest absolute Gasteiger partial charge is 0.494 e. The van der Waals surface area contributed by atoms with Crippen LogP contribution in [0.5, 0.6) is 5.75 Å². The smallest absolute Gasteiger partial charge is 0.119 e. The van der Waals surface area contributed by atoms with Gasteiger partial charge in [-0.3, -0.25) is 0 Å². The van der Waals surface area contributed by atoms with Gasteiger partial charge in [-0.1, -0.05) is 6.07 Å². The molecule has 3 nitrogen and oxygen atoms in total. The van der Waals surface area contributed by atoms with E-state index < -0.39 is 0 Å². The van der Waals surface area contributed by atoms with Crippen LogP contribution in [0.2, 0.25) is 0 Å². The Morgan fingerprint density at radius 3 is 2.06 bits per heavy atom. The Hall–Kier alpha value is -1.06. The Labute approximate surface area is 105 Å². The van der Waals surface area contributed by atoms with Crippen LogP contribution >= 0.6 is 0 Å². The molecule has 3 heteroatoms. The number of nitrogens with zero attached hydrogens (tertiary/aromatic N) is 2. The Balaban J connectivity index is 2.94. The third-order valence-electron chi connectivity index (χ3n) is 2.46. The van der Waals surface area contributed by atoms with Gasteiger partial charge in [0, 0.05) is 13.1 Å². The van der Waals surface area contributed by atoms with E-state index in [9.17, 15) is 0 Å². The van der Waals surface area contributed by atoms with E-state index in [0.717, 1.165) is 18.8 Å². The molecule has 0 unspecified atom stereocenters. The van der Waals surface area contributed by atoms with Crippen molar-refractivity contribution >= 4 is 0 Å². The number of hydrogen-bond acceptors (Lipinski definition) is 3. The van der Waals surface area contributed by atoms with Crippen LogP contribution in [0, 0.1) is 0 Å². The van der Waals surface area contributed by atoms with Gasteiger partial charge in [0.05, 0.1) is 6.61 Å². The highest BCUT2D eigenvalue weighted by atomic mass is 16.5. The second-order valence-corrected chi connectivity index (χ2v) is 4.84. The summed E-state index contributed by atoms with van der Waals surface area (Å²) in [6, 6.07) is 6.38. The molecule has 0 saturated heterocycles. The molecular formula is C14H24N2O. The highest BCUT2D eigenvalue weighted by molar-refractivity contribution is 5.35. The highest BCUT2D eigenvalue weighted by Crippen LogP contribution is 2.20. The first kappa shape index (κ1) is 14.0. The van der Waals surface area contributed by atoms with Crippen LogP contribution in [-0.2, 0) is 13.1 Å². The van der Waals surface area contributed by atoms with E-state index in [2.05, 4.69) is 56.2 Å². The summed E-state index contributed by atoms with van der Waals surface area (Å²) in [5.74, 6) is 0.965. The number of ether oxygens (including phenoxy) is 1. The zero-order valence-corrected chi connectivity index (χ0v) is 11.7. The van der Waals surface area contributed by atoms with E-state index in [1.54, 1.807) is 0 Å². The fraction of sp³-hybridized carbons (Fsp3) is 0.571. The van der Waals surface area contributed by atoms with Crippen LogP contribution in [0.3, 0.4) is 0 Å². The molecule has 1 aromatic rings. The highest BCUT2D eigenvalue weighted by Gasteiger charge is 2.07. The van der Waals surface area contributed by atoms with Crippen molar-refractivity contribution in [3.05, 3.63) is 29.3 Å². The molecule has 0 heterocycles. The first-order valence-corrected chi connectivity index (χ1v) is 6.07. The molecule has 17 heavy (non-hydrogen) atoms. The molecule has 0 radical (unpaired) electrons. The van der Waals surface area contributed by atoms with Gasteiger partial charge in [0.1, 0.15) is 5.75 Å². The lowest BCUT2D eigenvalue weighted by atomic mass is 10.1. The summed E-state index contributed by atoms with van der Waals surface area (Å²) < 4.78 is 5.56. The van der Waals surface area contributed by atoms with Crippen LogP contribution in [-0.4, -0.2) is 44.6 Å². The topological polar surface area (TPSA) is 15.7 Å². The standard InChI is InChI=1S/C14H24N2O/c1-6-17-14-8-7-12(10-15(2)3)13(9-14)11-16(4)5/h7-9H,6,10-11H2,1-5H3. The van der Waals surface area contributed by atoms with E-state index in [1.807, 2.05) is 6.92 Å². The normalized spacial score (nSPS) is 11.2. The molecule has 0 aliphatic rings. The minimum atomic E-state index is 0.717. The first-order valence-electron chi connectivity index (χ1n) is 6.07. The predicted molar refractivity (Wildman–Crippen MR) is 72.4 cm³/mol. The molecule has 0 amide bonds. The molecular weight excluding hydrogens is 212 g/mol. The number of hydrogen-bond donors (Lipinski definition) is 0. The van der Waals surface area contributed by atoms with Gasteiger partial charge in [-0.25, -0.2) is 0 Å². The van der Waals surface area contributed by atoms with E-state index in [0.29, 0.717) is 6.61 Å². The zero-order valence-electron chi connectivity index (χ0n) is 11.7. The molecule has 1 rings (SSSR count). The lowest BCUT2D eigenvalue weighted by Crippen LogP contribution is -2.16. The summed E-state index contributed by atoms with van der Waals surface area (Å²) >= 11 is 0. The van der Waals surface area contributed by atoms with Gasteiger partial charge in [-0.15, -0.1) is 0 Å². The predicted octanol–water partition coefficient (Wildman–Crippen LogP) is 2.21. The minimum Gasteiger partial charge on any atom is -0.494 e. The molecule has 0 N–H and O–H groups in total. The summed E-state index contributed by atoms with van der Waals surface area (Å²) in [6.07, 6.45) is 0. The van der Waals surface area contributed by atoms with Crippen molar-refractivity contribution in [2.45, 2.75) is 20.0 Å². The lowest BCUT2D eigenvalue weighted by Gasteiger charge is -2.18. The minimum absolute atomic E-state index is 0.717. The van der Waals surface area contributed by atoms with Crippen molar-refractivity contribution in [1.82, 2.24) is 9.80 Å². The van der Waals surface area contributed by atoms with Crippen LogP contribution in [0.1, 0.15) is 18.1 Å². The molecule has 1 aromatic carbocycles. The van der Waals surface area contributed by atoms with E-state index in [1.165, 1.54) is 11.1 Å². The van der Waals surface area contributed by atoms with Crippen molar-refractivity contribution in [2.75, 3.05) is 34.8 Å². The summed E-state index contributed by atoms with van der Waals surface area (Å²) in [4.78, 5) is 4.37. The molecule has 0 spiro atoms. The SMILES string of the molecule is CCOc1ccc(CN(C)C)c(CN(C)C)c1. The average molecular weight is 236 g/mol. The van der Waals surface area contributed by atoms with Gasteiger partial charge in [0.2, 0.25) is 0 Å². The molecule has 0 aliphatic carbocycles. The van der Waals surface area contributed by atoms with Gasteiger partial charge in [0.25, 0.3) is 0 Å². The van der Waals surface area contributed by atoms with Crippen molar-refractivity contribution in [2.24, 2.45) is 0 Å². The Kier molecular flexibility index (Phi) is 5.45. The summed E-state index contributed by atoms with van der Waals surface area (Å²) in [5.41, 5.74) is 2.71. The average Bonchev–Trinajstić information content (AvgIpc) is 2.21. The third-order valence-corrected chi connectivity index (χ3v) is 2.46. The molecule has 0 saturated carbocycles. The quantitative estimate of drug-likeness (QED) is 0.753. The maximum Gasteiger partial charge on any atom is 0.119 e. The zero-order chi connectivity index (χ0) is 12.8. The van der Waals surface area contributed by atoms with Gasteiger partial charge in [-0.2, -0.15) is 0 Å². The Morgan fingerprint density at radius 2 is 1.53 bits per heavy atom. The Bertz CT molecular complexity index is 348. The van der Waals surface area contributed by atoms with Crippen molar-refractivity contribution in [3.63, 3.8) is 0 Å². The summed E-state index contributed by atoms with van der Waals surface area (Å²) in [6.45, 7) is 4.65. The second-order valence-electron chi connectivity index (χ2n) is 4.84. The van der Waals surface area contributed by atoms with Crippen molar-refractivity contribution < 1.29 is 4.74 Å². The van der Waals surface area contributed by atoms with Gasteiger partial charge >= 0.3 is 0 Å². The third kappa shape index (κ3) is 4.75. The van der Waals surface area contributed by atoms with Crippen LogP contribution < -0.4 is 4.74 Å². The molecule has 0 aromatic heterocycles. The monoisotopic (exact) mass is 236 g/mol. The maximum atomic E-state index is 5.56. The van der Waals surface area contributed by atoms with E-state index in [-0.39, 0.29) is 0 Å². The van der Waals surface area contributed by atoms with Gasteiger partial charge in [0.15, 0.2) is 0 Å². The summed E-state index contributed by atoms with van der Waals surface area (Å²) in [7, 11) is 8.37. The van der Waals surface area contributed by atoms with Gasteiger partial charge in [-0.05, 0) is 58.4 Å². The molecule has 0 aliphatic heterocycles. The summed E-state index contributed by atoms with van der Waals surface area (Å²) in [5, 5.41) is 0. The van der Waals surface area contributed by atoms with E-state index in [4.69, 9.17) is 4.74 Å². The Morgan fingerprint density at radius 1 is 0.941 bits per heavy atom.